The Hall–Kier alpha value is -3.34. The lowest BCUT2D eigenvalue weighted by atomic mass is 9.86. The Morgan fingerprint density at radius 3 is 2.26 bits per heavy atom. The average Bonchev–Trinajstić information content (AvgIpc) is 2.66. The van der Waals surface area contributed by atoms with E-state index in [-0.39, 0.29) is 17.3 Å². The van der Waals surface area contributed by atoms with Crippen LogP contribution in [0.25, 0.3) is 10.8 Å². The first kappa shape index (κ1) is 17.1. The number of hydrogen-bond donors (Lipinski definition) is 1. The SMILES string of the molecule is C[C@H](c1c(Nc2cc(F)cc(F)c2)c(=O)c1=O)c1cccc2ccccc12. The zero-order valence-corrected chi connectivity index (χ0v) is 14.4. The highest BCUT2D eigenvalue weighted by Gasteiger charge is 2.27. The minimum absolute atomic E-state index is 0.0884. The summed E-state index contributed by atoms with van der Waals surface area (Å²) in [6.07, 6.45) is 0. The quantitative estimate of drug-likeness (QED) is 0.539. The smallest absolute Gasteiger partial charge is 0.249 e. The summed E-state index contributed by atoms with van der Waals surface area (Å²) in [6, 6.07) is 16.5. The number of anilines is 2. The fourth-order valence-corrected chi connectivity index (χ4v) is 3.50. The van der Waals surface area contributed by atoms with Crippen molar-refractivity contribution in [3.05, 3.63) is 104 Å². The van der Waals surface area contributed by atoms with Crippen molar-refractivity contribution in [1.82, 2.24) is 0 Å². The lowest BCUT2D eigenvalue weighted by molar-refractivity contribution is 0.584. The van der Waals surface area contributed by atoms with E-state index in [1.165, 1.54) is 0 Å². The second-order valence-corrected chi connectivity index (χ2v) is 6.52. The third-order valence-corrected chi connectivity index (χ3v) is 4.80. The molecule has 1 atom stereocenters. The number of fused-ring (bicyclic) bond motifs is 1. The van der Waals surface area contributed by atoms with E-state index in [4.69, 9.17) is 0 Å². The molecule has 1 N–H and O–H groups in total. The van der Waals surface area contributed by atoms with Crippen LogP contribution in [0.4, 0.5) is 20.2 Å². The molecule has 0 saturated heterocycles. The molecule has 0 saturated carbocycles. The van der Waals surface area contributed by atoms with Crippen molar-refractivity contribution in [3.8, 4) is 0 Å². The number of rotatable bonds is 4. The summed E-state index contributed by atoms with van der Waals surface area (Å²) in [5, 5.41) is 4.74. The Balaban J connectivity index is 1.78. The summed E-state index contributed by atoms with van der Waals surface area (Å²) < 4.78 is 26.8. The zero-order valence-electron chi connectivity index (χ0n) is 14.4. The summed E-state index contributed by atoms with van der Waals surface area (Å²) in [4.78, 5) is 24.3. The molecular weight excluding hydrogens is 348 g/mol. The van der Waals surface area contributed by atoms with E-state index in [0.29, 0.717) is 5.56 Å². The molecule has 0 heterocycles. The van der Waals surface area contributed by atoms with Crippen LogP contribution < -0.4 is 16.2 Å². The molecule has 4 aromatic rings. The minimum Gasteiger partial charge on any atom is -0.352 e. The molecule has 0 unspecified atom stereocenters. The monoisotopic (exact) mass is 363 g/mol. The molecule has 0 aliphatic heterocycles. The fraction of sp³-hybridized carbons (Fsp3) is 0.0909. The predicted octanol–water partition coefficient (Wildman–Crippen LogP) is 4.61. The molecule has 0 radical (unpaired) electrons. The van der Waals surface area contributed by atoms with Gasteiger partial charge in [0.05, 0.1) is 5.69 Å². The molecule has 0 spiro atoms. The van der Waals surface area contributed by atoms with Gasteiger partial charge in [0.25, 0.3) is 0 Å². The van der Waals surface area contributed by atoms with Crippen LogP contribution >= 0.6 is 0 Å². The summed E-state index contributed by atoms with van der Waals surface area (Å²) >= 11 is 0. The minimum atomic E-state index is -0.764. The van der Waals surface area contributed by atoms with E-state index in [0.717, 1.165) is 34.5 Å². The molecule has 0 aliphatic rings. The van der Waals surface area contributed by atoms with Gasteiger partial charge in [0.1, 0.15) is 11.6 Å². The van der Waals surface area contributed by atoms with Gasteiger partial charge in [-0.15, -0.1) is 0 Å². The fourth-order valence-electron chi connectivity index (χ4n) is 3.50. The number of benzene rings is 3. The molecule has 134 valence electrons. The van der Waals surface area contributed by atoms with Crippen LogP contribution in [0.15, 0.2) is 70.3 Å². The third kappa shape index (κ3) is 2.91. The van der Waals surface area contributed by atoms with Gasteiger partial charge in [-0.25, -0.2) is 8.78 Å². The number of hydrogen-bond acceptors (Lipinski definition) is 3. The van der Waals surface area contributed by atoms with E-state index in [1.807, 2.05) is 49.4 Å². The number of nitrogens with one attached hydrogen (secondary N) is 1. The van der Waals surface area contributed by atoms with E-state index in [9.17, 15) is 18.4 Å². The van der Waals surface area contributed by atoms with Gasteiger partial charge in [0.15, 0.2) is 0 Å². The van der Waals surface area contributed by atoms with Gasteiger partial charge in [-0.05, 0) is 28.5 Å². The first-order chi connectivity index (χ1) is 13.0. The van der Waals surface area contributed by atoms with Gasteiger partial charge in [-0.2, -0.15) is 0 Å². The number of halogens is 2. The summed E-state index contributed by atoms with van der Waals surface area (Å²) in [6.45, 7) is 1.84. The van der Waals surface area contributed by atoms with Crippen molar-refractivity contribution in [1.29, 1.82) is 0 Å². The van der Waals surface area contributed by atoms with Gasteiger partial charge in [0, 0.05) is 23.2 Å². The van der Waals surface area contributed by atoms with Crippen molar-refractivity contribution >= 4 is 22.1 Å². The van der Waals surface area contributed by atoms with Gasteiger partial charge in [0.2, 0.25) is 10.9 Å². The van der Waals surface area contributed by atoms with Crippen molar-refractivity contribution in [2.75, 3.05) is 5.32 Å². The molecule has 5 heteroatoms. The maximum Gasteiger partial charge on any atom is 0.249 e. The Kier molecular flexibility index (Phi) is 4.07. The second kappa shape index (κ2) is 6.43. The predicted molar refractivity (Wildman–Crippen MR) is 102 cm³/mol. The highest BCUT2D eigenvalue weighted by atomic mass is 19.1. The van der Waals surface area contributed by atoms with Crippen LogP contribution in [0.5, 0.6) is 0 Å². The van der Waals surface area contributed by atoms with Crippen LogP contribution in [0.3, 0.4) is 0 Å². The molecule has 0 aliphatic carbocycles. The van der Waals surface area contributed by atoms with Crippen LogP contribution in [0.2, 0.25) is 0 Å². The van der Waals surface area contributed by atoms with Crippen molar-refractivity contribution in [3.63, 3.8) is 0 Å². The largest absolute Gasteiger partial charge is 0.352 e. The average molecular weight is 363 g/mol. The molecule has 3 nitrogen and oxygen atoms in total. The van der Waals surface area contributed by atoms with Crippen LogP contribution in [-0.2, 0) is 0 Å². The molecule has 0 aromatic heterocycles. The van der Waals surface area contributed by atoms with Gasteiger partial charge < -0.3 is 5.32 Å². The summed E-state index contributed by atoms with van der Waals surface area (Å²) in [5.41, 5.74) is 0.155. The van der Waals surface area contributed by atoms with Gasteiger partial charge in [-0.3, -0.25) is 9.59 Å². The summed E-state index contributed by atoms with van der Waals surface area (Å²) in [5.74, 6) is -1.87. The Labute approximate surface area is 153 Å². The molecular formula is C22H15F2NO2. The molecule has 0 bridgehead atoms. The Bertz CT molecular complexity index is 1210. The molecule has 0 amide bonds. The summed E-state index contributed by atoms with van der Waals surface area (Å²) in [7, 11) is 0. The van der Waals surface area contributed by atoms with Crippen LogP contribution in [0.1, 0.15) is 24.0 Å². The third-order valence-electron chi connectivity index (χ3n) is 4.80. The first-order valence-corrected chi connectivity index (χ1v) is 8.49. The van der Waals surface area contributed by atoms with Crippen LogP contribution in [0, 0.1) is 11.6 Å². The molecule has 0 fully saturated rings. The van der Waals surface area contributed by atoms with Crippen molar-refractivity contribution in [2.45, 2.75) is 12.8 Å². The van der Waals surface area contributed by atoms with Crippen molar-refractivity contribution < 1.29 is 8.78 Å². The molecule has 27 heavy (non-hydrogen) atoms. The zero-order chi connectivity index (χ0) is 19.1. The maximum atomic E-state index is 13.4. The topological polar surface area (TPSA) is 46.2 Å². The standard InChI is InChI=1S/C22H15F2NO2/c1-12(17-8-4-6-13-5-2-3-7-18(13)17)19-20(22(27)21(19)26)25-16-10-14(23)9-15(24)11-16/h2-12,25H,1H3/t12-/m0/s1. The molecule has 4 aromatic carbocycles. The maximum absolute atomic E-state index is 13.4. The highest BCUT2D eigenvalue weighted by Crippen LogP contribution is 2.33. The molecule has 4 rings (SSSR count). The Morgan fingerprint density at radius 2 is 1.52 bits per heavy atom. The van der Waals surface area contributed by atoms with Gasteiger partial charge in [-0.1, -0.05) is 49.4 Å². The lowest BCUT2D eigenvalue weighted by Crippen LogP contribution is -2.39. The van der Waals surface area contributed by atoms with Crippen LogP contribution in [-0.4, -0.2) is 0 Å². The second-order valence-electron chi connectivity index (χ2n) is 6.52. The van der Waals surface area contributed by atoms with E-state index in [2.05, 4.69) is 5.32 Å². The van der Waals surface area contributed by atoms with E-state index >= 15 is 0 Å². The Morgan fingerprint density at radius 1 is 0.852 bits per heavy atom. The normalized spacial score (nSPS) is 12.4. The van der Waals surface area contributed by atoms with Gasteiger partial charge >= 0.3 is 0 Å². The van der Waals surface area contributed by atoms with E-state index in [1.54, 1.807) is 0 Å². The van der Waals surface area contributed by atoms with Crippen molar-refractivity contribution in [2.24, 2.45) is 0 Å². The van der Waals surface area contributed by atoms with E-state index < -0.39 is 22.5 Å². The lowest BCUT2D eigenvalue weighted by Gasteiger charge is -2.20. The first-order valence-electron chi connectivity index (χ1n) is 8.49. The highest BCUT2D eigenvalue weighted by molar-refractivity contribution is 5.87.